The molecular weight excluding hydrogens is 350 g/mol. The summed E-state index contributed by atoms with van der Waals surface area (Å²) in [5.41, 5.74) is 7.04. The molecule has 142 valence electrons. The fourth-order valence-corrected chi connectivity index (χ4v) is 3.08. The quantitative estimate of drug-likeness (QED) is 0.809. The Morgan fingerprint density at radius 1 is 1.33 bits per heavy atom. The third kappa shape index (κ3) is 3.52. The maximum absolute atomic E-state index is 11.4. The van der Waals surface area contributed by atoms with Crippen LogP contribution in [0.2, 0.25) is 0 Å². The smallest absolute Gasteiger partial charge is 0.250 e. The van der Waals surface area contributed by atoms with Crippen LogP contribution in [-0.2, 0) is 16.0 Å². The first kappa shape index (κ1) is 16.6. The molecule has 0 atom stereocenters. The van der Waals surface area contributed by atoms with Gasteiger partial charge < -0.3 is 19.9 Å². The molecule has 9 heteroatoms. The number of carbonyl (C=O) groups excluding carboxylic acids is 1. The SMILES string of the molecule is NC(=O)c1cnc(-c2cn(CC3OCC4(CC4)CO3)nn2)c(OC2CC2)c1. The Morgan fingerprint density at radius 2 is 2.11 bits per heavy atom. The number of carbonyl (C=O) groups is 1. The van der Waals surface area contributed by atoms with Gasteiger partial charge in [-0.05, 0) is 31.7 Å². The minimum Gasteiger partial charge on any atom is -0.488 e. The van der Waals surface area contributed by atoms with Crippen LogP contribution in [0.1, 0.15) is 36.0 Å². The van der Waals surface area contributed by atoms with E-state index in [1.54, 1.807) is 16.9 Å². The number of pyridine rings is 1. The zero-order chi connectivity index (χ0) is 18.4. The number of hydrogen-bond donors (Lipinski definition) is 1. The van der Waals surface area contributed by atoms with Crippen LogP contribution in [0, 0.1) is 5.41 Å². The van der Waals surface area contributed by atoms with E-state index in [0.717, 1.165) is 26.1 Å². The predicted molar refractivity (Wildman–Crippen MR) is 92.8 cm³/mol. The number of primary amides is 1. The molecule has 5 rings (SSSR count). The third-order valence-electron chi connectivity index (χ3n) is 5.18. The molecule has 1 saturated heterocycles. The second-order valence-corrected chi connectivity index (χ2v) is 7.63. The molecule has 2 aromatic rings. The summed E-state index contributed by atoms with van der Waals surface area (Å²) in [5, 5.41) is 8.35. The summed E-state index contributed by atoms with van der Waals surface area (Å²) < 4.78 is 19.2. The topological polar surface area (TPSA) is 114 Å². The molecule has 1 amide bonds. The van der Waals surface area contributed by atoms with E-state index in [0.29, 0.717) is 29.2 Å². The van der Waals surface area contributed by atoms with Crippen LogP contribution in [0.4, 0.5) is 0 Å². The monoisotopic (exact) mass is 371 g/mol. The van der Waals surface area contributed by atoms with Gasteiger partial charge in [-0.2, -0.15) is 0 Å². The normalized spacial score (nSPS) is 21.3. The van der Waals surface area contributed by atoms with Crippen LogP contribution in [0.3, 0.4) is 0 Å². The molecular formula is C18H21N5O4. The molecule has 3 heterocycles. The van der Waals surface area contributed by atoms with Crippen LogP contribution in [-0.4, -0.2) is 51.5 Å². The second-order valence-electron chi connectivity index (χ2n) is 7.63. The van der Waals surface area contributed by atoms with Crippen LogP contribution < -0.4 is 10.5 Å². The van der Waals surface area contributed by atoms with Gasteiger partial charge in [0.25, 0.3) is 0 Å². The molecule has 9 nitrogen and oxygen atoms in total. The lowest BCUT2D eigenvalue weighted by Crippen LogP contribution is -2.36. The highest BCUT2D eigenvalue weighted by molar-refractivity contribution is 5.93. The molecule has 3 aliphatic rings. The highest BCUT2D eigenvalue weighted by atomic mass is 16.7. The fourth-order valence-electron chi connectivity index (χ4n) is 3.08. The standard InChI is InChI=1S/C18H21N5O4/c19-17(24)11-5-14(27-12-1-2-12)16(20-6-11)13-7-23(22-21-13)8-15-25-9-18(3-4-18)10-26-15/h5-7,12,15H,1-4,8-10H2,(H2,19,24). The van der Waals surface area contributed by atoms with E-state index in [2.05, 4.69) is 15.3 Å². The lowest BCUT2D eigenvalue weighted by atomic mass is 10.1. The summed E-state index contributed by atoms with van der Waals surface area (Å²) in [5.74, 6) is -0.0416. The van der Waals surface area contributed by atoms with Gasteiger partial charge in [-0.15, -0.1) is 5.10 Å². The number of ether oxygens (including phenoxy) is 3. The number of amides is 1. The van der Waals surface area contributed by atoms with Gasteiger partial charge in [0.2, 0.25) is 5.91 Å². The van der Waals surface area contributed by atoms with E-state index < -0.39 is 5.91 Å². The second kappa shape index (κ2) is 6.28. The fraction of sp³-hybridized carbons (Fsp3) is 0.556. The van der Waals surface area contributed by atoms with Crippen molar-refractivity contribution >= 4 is 5.91 Å². The van der Waals surface area contributed by atoms with E-state index in [1.807, 2.05) is 0 Å². The highest BCUT2D eigenvalue weighted by Crippen LogP contribution is 2.48. The number of hydrogen-bond acceptors (Lipinski definition) is 7. The van der Waals surface area contributed by atoms with Crippen molar-refractivity contribution in [2.75, 3.05) is 13.2 Å². The maximum atomic E-state index is 11.4. The molecule has 0 unspecified atom stereocenters. The van der Waals surface area contributed by atoms with Gasteiger partial charge in [-0.25, -0.2) is 9.67 Å². The van der Waals surface area contributed by atoms with E-state index in [4.69, 9.17) is 19.9 Å². The number of nitrogens with two attached hydrogens (primary N) is 1. The summed E-state index contributed by atoms with van der Waals surface area (Å²) in [6.45, 7) is 1.95. The number of rotatable bonds is 6. The molecule has 0 radical (unpaired) electrons. The van der Waals surface area contributed by atoms with Crippen LogP contribution in [0.25, 0.3) is 11.4 Å². The van der Waals surface area contributed by atoms with Crippen LogP contribution >= 0.6 is 0 Å². The average Bonchev–Trinajstić information content (AvgIpc) is 3.58. The van der Waals surface area contributed by atoms with E-state index in [9.17, 15) is 4.79 Å². The first-order valence-electron chi connectivity index (χ1n) is 9.20. The van der Waals surface area contributed by atoms with Gasteiger partial charge in [0, 0.05) is 11.6 Å². The molecule has 1 spiro atoms. The molecule has 2 N–H and O–H groups in total. The van der Waals surface area contributed by atoms with Crippen molar-refractivity contribution in [1.82, 2.24) is 20.0 Å². The molecule has 0 aromatic carbocycles. The average molecular weight is 371 g/mol. The van der Waals surface area contributed by atoms with Gasteiger partial charge in [-0.3, -0.25) is 4.79 Å². The first-order valence-corrected chi connectivity index (χ1v) is 9.20. The molecule has 3 fully saturated rings. The molecule has 2 saturated carbocycles. The van der Waals surface area contributed by atoms with Crippen molar-refractivity contribution in [3.05, 3.63) is 24.0 Å². The number of aromatic nitrogens is 4. The molecule has 27 heavy (non-hydrogen) atoms. The van der Waals surface area contributed by atoms with Gasteiger partial charge in [0.15, 0.2) is 6.29 Å². The Bertz CT molecular complexity index is 864. The van der Waals surface area contributed by atoms with E-state index in [1.165, 1.54) is 19.0 Å². The van der Waals surface area contributed by atoms with Crippen LogP contribution in [0.15, 0.2) is 18.5 Å². The van der Waals surface area contributed by atoms with Crippen molar-refractivity contribution in [2.24, 2.45) is 11.1 Å². The minimum absolute atomic E-state index is 0.155. The first-order chi connectivity index (χ1) is 13.1. The van der Waals surface area contributed by atoms with Gasteiger partial charge in [0.1, 0.15) is 17.1 Å². The van der Waals surface area contributed by atoms with Crippen LogP contribution in [0.5, 0.6) is 5.75 Å². The molecule has 0 bridgehead atoms. The summed E-state index contributed by atoms with van der Waals surface area (Å²) in [7, 11) is 0. The van der Waals surface area contributed by atoms with Gasteiger partial charge in [-0.1, -0.05) is 5.21 Å². The Labute approximate surface area is 155 Å². The summed E-state index contributed by atoms with van der Waals surface area (Å²) in [4.78, 5) is 15.8. The Balaban J connectivity index is 1.33. The van der Waals surface area contributed by atoms with E-state index >= 15 is 0 Å². The summed E-state index contributed by atoms with van der Waals surface area (Å²) >= 11 is 0. The highest BCUT2D eigenvalue weighted by Gasteiger charge is 2.47. The van der Waals surface area contributed by atoms with Gasteiger partial charge in [0.05, 0.1) is 37.6 Å². The van der Waals surface area contributed by atoms with Crippen molar-refractivity contribution in [1.29, 1.82) is 0 Å². The van der Waals surface area contributed by atoms with Crippen molar-refractivity contribution in [3.63, 3.8) is 0 Å². The zero-order valence-corrected chi connectivity index (χ0v) is 14.8. The lowest BCUT2D eigenvalue weighted by molar-refractivity contribution is -0.213. The van der Waals surface area contributed by atoms with Gasteiger partial charge >= 0.3 is 0 Å². The molecule has 2 aromatic heterocycles. The Morgan fingerprint density at radius 3 is 2.78 bits per heavy atom. The minimum atomic E-state index is -0.543. The van der Waals surface area contributed by atoms with Crippen molar-refractivity contribution in [2.45, 2.75) is 44.6 Å². The Hall–Kier alpha value is -2.52. The van der Waals surface area contributed by atoms with Crippen molar-refractivity contribution in [3.8, 4) is 17.1 Å². The molecule has 1 aliphatic heterocycles. The predicted octanol–water partition coefficient (Wildman–Crippen LogP) is 1.13. The maximum Gasteiger partial charge on any atom is 0.250 e. The zero-order valence-electron chi connectivity index (χ0n) is 14.8. The molecule has 2 aliphatic carbocycles. The summed E-state index contributed by atoms with van der Waals surface area (Å²) in [6.07, 6.45) is 7.39. The lowest BCUT2D eigenvalue weighted by Gasteiger charge is -2.29. The van der Waals surface area contributed by atoms with E-state index in [-0.39, 0.29) is 17.8 Å². The van der Waals surface area contributed by atoms with Crippen molar-refractivity contribution < 1.29 is 19.0 Å². The largest absolute Gasteiger partial charge is 0.488 e. The third-order valence-corrected chi connectivity index (χ3v) is 5.18. The summed E-state index contributed by atoms with van der Waals surface area (Å²) in [6, 6.07) is 1.62. The Kier molecular flexibility index (Phi) is 3.87. The number of nitrogens with zero attached hydrogens (tertiary/aromatic N) is 4.